The van der Waals surface area contributed by atoms with E-state index in [0.29, 0.717) is 35.5 Å². The number of nitrogens with one attached hydrogen (secondary N) is 2. The van der Waals surface area contributed by atoms with Crippen molar-refractivity contribution in [2.45, 2.75) is 25.3 Å². The number of nitrogens with zero attached hydrogens (tertiary/aromatic N) is 1. The van der Waals surface area contributed by atoms with Crippen LogP contribution in [0.1, 0.15) is 40.0 Å². The zero-order valence-corrected chi connectivity index (χ0v) is 16.0. The maximum absolute atomic E-state index is 12.6. The van der Waals surface area contributed by atoms with Crippen LogP contribution < -0.4 is 14.9 Å². The smallest absolute Gasteiger partial charge is 0.255 e. The van der Waals surface area contributed by atoms with Crippen LogP contribution in [0.5, 0.6) is 0 Å². The maximum Gasteiger partial charge on any atom is 0.255 e. The fourth-order valence-electron chi connectivity index (χ4n) is 3.17. The third-order valence-electron chi connectivity index (χ3n) is 4.79. The Morgan fingerprint density at radius 1 is 0.964 bits per heavy atom. The minimum absolute atomic E-state index is 0.124. The van der Waals surface area contributed by atoms with E-state index in [-0.39, 0.29) is 23.6 Å². The van der Waals surface area contributed by atoms with Crippen molar-refractivity contribution in [3.8, 4) is 0 Å². The average molecular weight is 399 g/mol. The Balaban J connectivity index is 1.49. The van der Waals surface area contributed by atoms with Crippen molar-refractivity contribution in [1.29, 1.82) is 0 Å². The van der Waals surface area contributed by atoms with Gasteiger partial charge in [-0.3, -0.25) is 13.9 Å². The molecule has 2 aliphatic rings. The Labute approximate surface area is 163 Å². The van der Waals surface area contributed by atoms with Crippen LogP contribution in [-0.4, -0.2) is 38.6 Å². The number of hydrogen-bond donors (Lipinski definition) is 2. The standard InChI is InChI=1S/C20H21N3O4S/c24-19(21-16-8-9-16)14-4-1-6-17(12-14)22-20(25)15-5-2-7-18(13-15)23-10-3-11-28(23,26)27/h1-2,4-7,12-13,16H,3,8-11H2,(H,21,24)(H,22,25). The van der Waals surface area contributed by atoms with Gasteiger partial charge >= 0.3 is 0 Å². The highest BCUT2D eigenvalue weighted by Gasteiger charge is 2.28. The summed E-state index contributed by atoms with van der Waals surface area (Å²) >= 11 is 0. The van der Waals surface area contributed by atoms with Gasteiger partial charge in [0, 0.05) is 29.4 Å². The van der Waals surface area contributed by atoms with Gasteiger partial charge in [0.25, 0.3) is 11.8 Å². The van der Waals surface area contributed by atoms with Gasteiger partial charge in [-0.2, -0.15) is 0 Å². The summed E-state index contributed by atoms with van der Waals surface area (Å²) in [5.74, 6) is -0.392. The van der Waals surface area contributed by atoms with Crippen LogP contribution in [0.15, 0.2) is 48.5 Å². The van der Waals surface area contributed by atoms with Gasteiger partial charge in [0.1, 0.15) is 0 Å². The monoisotopic (exact) mass is 399 g/mol. The SMILES string of the molecule is O=C(Nc1cccc(C(=O)NC2CC2)c1)c1cccc(N2CCCS2(=O)=O)c1. The second-order valence-electron chi connectivity index (χ2n) is 7.07. The molecule has 0 radical (unpaired) electrons. The molecular weight excluding hydrogens is 378 g/mol. The number of amides is 2. The predicted octanol–water partition coefficient (Wildman–Crippen LogP) is 2.37. The van der Waals surface area contributed by atoms with Gasteiger partial charge in [-0.25, -0.2) is 8.42 Å². The van der Waals surface area contributed by atoms with Crippen molar-refractivity contribution in [2.24, 2.45) is 0 Å². The zero-order valence-electron chi connectivity index (χ0n) is 15.2. The lowest BCUT2D eigenvalue weighted by Crippen LogP contribution is -2.25. The summed E-state index contributed by atoms with van der Waals surface area (Å²) in [5, 5.41) is 5.69. The largest absolute Gasteiger partial charge is 0.349 e. The summed E-state index contributed by atoms with van der Waals surface area (Å²) in [6.45, 7) is 0.422. The quantitative estimate of drug-likeness (QED) is 0.807. The van der Waals surface area contributed by atoms with Crippen LogP contribution in [0.25, 0.3) is 0 Å². The molecule has 1 heterocycles. The lowest BCUT2D eigenvalue weighted by atomic mass is 10.1. The summed E-state index contributed by atoms with van der Waals surface area (Å²) in [6.07, 6.45) is 2.59. The zero-order chi connectivity index (χ0) is 19.7. The molecule has 0 atom stereocenters. The predicted molar refractivity (Wildman–Crippen MR) is 107 cm³/mol. The van der Waals surface area contributed by atoms with Gasteiger partial charge < -0.3 is 10.6 Å². The first kappa shape index (κ1) is 18.5. The van der Waals surface area contributed by atoms with Crippen molar-refractivity contribution in [3.05, 3.63) is 59.7 Å². The fraction of sp³-hybridized carbons (Fsp3) is 0.300. The van der Waals surface area contributed by atoms with E-state index >= 15 is 0 Å². The highest BCUT2D eigenvalue weighted by molar-refractivity contribution is 7.93. The van der Waals surface area contributed by atoms with Crippen molar-refractivity contribution in [1.82, 2.24) is 5.32 Å². The number of carbonyl (C=O) groups is 2. The summed E-state index contributed by atoms with van der Waals surface area (Å²) in [5.41, 5.74) is 1.84. The third kappa shape index (κ3) is 4.01. The molecule has 1 saturated heterocycles. The van der Waals surface area contributed by atoms with Crippen LogP contribution in [0, 0.1) is 0 Å². The molecule has 2 amide bonds. The first-order valence-corrected chi connectivity index (χ1v) is 10.9. The van der Waals surface area contributed by atoms with Gasteiger partial charge in [-0.05, 0) is 55.7 Å². The molecule has 8 heteroatoms. The summed E-state index contributed by atoms with van der Waals surface area (Å²) in [4.78, 5) is 24.8. The van der Waals surface area contributed by atoms with E-state index in [0.717, 1.165) is 12.8 Å². The number of carbonyl (C=O) groups excluding carboxylic acids is 2. The first-order chi connectivity index (χ1) is 13.4. The normalized spacial score (nSPS) is 17.9. The molecule has 146 valence electrons. The molecule has 1 saturated carbocycles. The Morgan fingerprint density at radius 3 is 2.36 bits per heavy atom. The number of anilines is 2. The molecule has 2 fully saturated rings. The Kier molecular flexibility index (Phi) is 4.80. The lowest BCUT2D eigenvalue weighted by molar-refractivity contribution is 0.0949. The highest BCUT2D eigenvalue weighted by atomic mass is 32.2. The van der Waals surface area contributed by atoms with E-state index in [9.17, 15) is 18.0 Å². The molecular formula is C20H21N3O4S. The van der Waals surface area contributed by atoms with E-state index in [1.165, 1.54) is 4.31 Å². The Morgan fingerprint density at radius 2 is 1.68 bits per heavy atom. The van der Waals surface area contributed by atoms with E-state index in [1.54, 1.807) is 48.5 Å². The molecule has 0 aromatic heterocycles. The minimum Gasteiger partial charge on any atom is -0.349 e. The van der Waals surface area contributed by atoms with Crippen LogP contribution in [0.2, 0.25) is 0 Å². The number of rotatable bonds is 5. The number of hydrogen-bond acceptors (Lipinski definition) is 4. The van der Waals surface area contributed by atoms with E-state index in [2.05, 4.69) is 10.6 Å². The third-order valence-corrected chi connectivity index (χ3v) is 6.66. The molecule has 2 N–H and O–H groups in total. The maximum atomic E-state index is 12.6. The van der Waals surface area contributed by atoms with Crippen molar-refractivity contribution >= 4 is 33.2 Å². The minimum atomic E-state index is -3.30. The molecule has 28 heavy (non-hydrogen) atoms. The lowest BCUT2D eigenvalue weighted by Gasteiger charge is -2.17. The second-order valence-corrected chi connectivity index (χ2v) is 9.09. The molecule has 2 aromatic rings. The fourth-order valence-corrected chi connectivity index (χ4v) is 4.73. The summed E-state index contributed by atoms with van der Waals surface area (Å²) in [6, 6.07) is 13.6. The molecule has 0 spiro atoms. The Bertz CT molecular complexity index is 1030. The molecule has 7 nitrogen and oxygen atoms in total. The van der Waals surface area contributed by atoms with Crippen LogP contribution in [0.3, 0.4) is 0 Å². The second kappa shape index (κ2) is 7.27. The number of sulfonamides is 1. The van der Waals surface area contributed by atoms with Gasteiger partial charge in [0.05, 0.1) is 11.4 Å². The van der Waals surface area contributed by atoms with Crippen molar-refractivity contribution in [3.63, 3.8) is 0 Å². The summed E-state index contributed by atoms with van der Waals surface area (Å²) in [7, 11) is -3.30. The average Bonchev–Trinajstić information content (AvgIpc) is 3.42. The van der Waals surface area contributed by atoms with E-state index in [1.807, 2.05) is 0 Å². The molecule has 2 aromatic carbocycles. The first-order valence-electron chi connectivity index (χ1n) is 9.25. The molecule has 4 rings (SSSR count). The molecule has 1 aliphatic heterocycles. The van der Waals surface area contributed by atoms with Gasteiger partial charge in [0.15, 0.2) is 0 Å². The van der Waals surface area contributed by atoms with Crippen LogP contribution >= 0.6 is 0 Å². The number of benzene rings is 2. The molecule has 1 aliphatic carbocycles. The molecule has 0 bridgehead atoms. The van der Waals surface area contributed by atoms with Crippen LogP contribution in [-0.2, 0) is 10.0 Å². The summed E-state index contributed by atoms with van der Waals surface area (Å²) < 4.78 is 25.5. The molecule has 0 unspecified atom stereocenters. The van der Waals surface area contributed by atoms with Gasteiger partial charge in [-0.1, -0.05) is 12.1 Å². The van der Waals surface area contributed by atoms with Crippen molar-refractivity contribution in [2.75, 3.05) is 21.9 Å². The topological polar surface area (TPSA) is 95.6 Å². The van der Waals surface area contributed by atoms with Gasteiger partial charge in [-0.15, -0.1) is 0 Å². The van der Waals surface area contributed by atoms with Gasteiger partial charge in [0.2, 0.25) is 10.0 Å². The van der Waals surface area contributed by atoms with E-state index < -0.39 is 10.0 Å². The van der Waals surface area contributed by atoms with Crippen LogP contribution in [0.4, 0.5) is 11.4 Å². The highest BCUT2D eigenvalue weighted by Crippen LogP contribution is 2.25. The van der Waals surface area contributed by atoms with E-state index in [4.69, 9.17) is 0 Å². The van der Waals surface area contributed by atoms with Crippen molar-refractivity contribution < 1.29 is 18.0 Å². The Hall–Kier alpha value is -2.87.